The summed E-state index contributed by atoms with van der Waals surface area (Å²) in [5.74, 6) is 2.90. The molecule has 0 saturated carbocycles. The molecule has 0 bridgehead atoms. The van der Waals surface area contributed by atoms with Gasteiger partial charge >= 0.3 is 0 Å². The third kappa shape index (κ3) is 5.50. The van der Waals surface area contributed by atoms with Gasteiger partial charge in [-0.25, -0.2) is 4.98 Å². The SMILES string of the molecule is CC(C)(C)c1ccc(OCCCn2c(CSc3ccccc3)nc3ccccc32)cc1. The Hall–Kier alpha value is -2.72. The summed E-state index contributed by atoms with van der Waals surface area (Å²) in [4.78, 5) is 6.17. The number of fused-ring (bicyclic) bond motifs is 1. The highest BCUT2D eigenvalue weighted by Crippen LogP contribution is 2.26. The van der Waals surface area contributed by atoms with E-state index in [9.17, 15) is 0 Å². The van der Waals surface area contributed by atoms with Crippen molar-refractivity contribution in [3.05, 3.63) is 90.3 Å². The molecule has 0 fully saturated rings. The number of ether oxygens (including phenoxy) is 1. The highest BCUT2D eigenvalue weighted by molar-refractivity contribution is 7.98. The lowest BCUT2D eigenvalue weighted by Crippen LogP contribution is -2.11. The summed E-state index contributed by atoms with van der Waals surface area (Å²) in [5.41, 5.74) is 3.74. The van der Waals surface area contributed by atoms with Crippen LogP contribution in [0, 0.1) is 0 Å². The molecule has 0 aliphatic heterocycles. The Bertz CT molecular complexity index is 1110. The fourth-order valence-electron chi connectivity index (χ4n) is 3.61. The van der Waals surface area contributed by atoms with Crippen molar-refractivity contribution in [3.63, 3.8) is 0 Å². The zero-order valence-corrected chi connectivity index (χ0v) is 19.4. The molecule has 0 radical (unpaired) electrons. The summed E-state index contributed by atoms with van der Waals surface area (Å²) in [6, 6.07) is 27.4. The Morgan fingerprint density at radius 3 is 2.32 bits per heavy atom. The predicted molar refractivity (Wildman–Crippen MR) is 131 cm³/mol. The van der Waals surface area contributed by atoms with Gasteiger partial charge in [0, 0.05) is 11.4 Å². The fraction of sp³-hybridized carbons (Fsp3) is 0.296. The van der Waals surface area contributed by atoms with Gasteiger partial charge in [-0.05, 0) is 53.8 Å². The van der Waals surface area contributed by atoms with E-state index in [4.69, 9.17) is 9.72 Å². The van der Waals surface area contributed by atoms with E-state index in [0.717, 1.165) is 35.8 Å². The maximum Gasteiger partial charge on any atom is 0.120 e. The van der Waals surface area contributed by atoms with E-state index in [0.29, 0.717) is 6.61 Å². The first-order chi connectivity index (χ1) is 15.0. The van der Waals surface area contributed by atoms with E-state index in [-0.39, 0.29) is 5.41 Å². The Balaban J connectivity index is 1.39. The molecule has 0 unspecified atom stereocenters. The van der Waals surface area contributed by atoms with Gasteiger partial charge in [0.25, 0.3) is 0 Å². The molecule has 4 aromatic rings. The first-order valence-electron chi connectivity index (χ1n) is 10.9. The first-order valence-corrected chi connectivity index (χ1v) is 11.8. The van der Waals surface area contributed by atoms with Crippen molar-refractivity contribution in [1.82, 2.24) is 9.55 Å². The van der Waals surface area contributed by atoms with Crippen LogP contribution in [0.25, 0.3) is 11.0 Å². The van der Waals surface area contributed by atoms with E-state index >= 15 is 0 Å². The van der Waals surface area contributed by atoms with Crippen LogP contribution in [0.4, 0.5) is 0 Å². The molecule has 1 heterocycles. The van der Waals surface area contributed by atoms with Crippen LogP contribution in [-0.2, 0) is 17.7 Å². The molecule has 160 valence electrons. The van der Waals surface area contributed by atoms with Gasteiger partial charge in [0.15, 0.2) is 0 Å². The van der Waals surface area contributed by atoms with Gasteiger partial charge in [0.05, 0.1) is 23.4 Å². The molecule has 3 nitrogen and oxygen atoms in total. The number of nitrogens with zero attached hydrogens (tertiary/aromatic N) is 2. The maximum atomic E-state index is 6.01. The summed E-state index contributed by atoms with van der Waals surface area (Å²) in [5, 5.41) is 0. The van der Waals surface area contributed by atoms with E-state index in [2.05, 4.69) is 104 Å². The fourth-order valence-corrected chi connectivity index (χ4v) is 4.48. The normalized spacial score (nSPS) is 11.7. The van der Waals surface area contributed by atoms with Crippen molar-refractivity contribution >= 4 is 22.8 Å². The number of hydrogen-bond acceptors (Lipinski definition) is 3. The van der Waals surface area contributed by atoms with Crippen LogP contribution in [0.3, 0.4) is 0 Å². The predicted octanol–water partition coefficient (Wildman–Crippen LogP) is 7.10. The quantitative estimate of drug-likeness (QED) is 0.220. The molecule has 4 rings (SSSR count). The van der Waals surface area contributed by atoms with Crippen molar-refractivity contribution in [3.8, 4) is 5.75 Å². The van der Waals surface area contributed by atoms with Crippen LogP contribution in [0.1, 0.15) is 38.6 Å². The molecule has 0 N–H and O–H groups in total. The zero-order valence-electron chi connectivity index (χ0n) is 18.5. The number of hydrogen-bond donors (Lipinski definition) is 0. The number of thioether (sulfide) groups is 1. The molecule has 3 aromatic carbocycles. The molecule has 0 aliphatic rings. The van der Waals surface area contributed by atoms with E-state index in [1.807, 2.05) is 11.8 Å². The smallest absolute Gasteiger partial charge is 0.120 e. The zero-order chi connectivity index (χ0) is 21.7. The average Bonchev–Trinajstić information content (AvgIpc) is 3.13. The Kier molecular flexibility index (Phi) is 6.67. The van der Waals surface area contributed by atoms with Gasteiger partial charge in [-0.3, -0.25) is 0 Å². The molecule has 0 saturated heterocycles. The molecule has 31 heavy (non-hydrogen) atoms. The molecule has 1 aromatic heterocycles. The van der Waals surface area contributed by atoms with Gasteiger partial charge < -0.3 is 9.30 Å². The average molecular weight is 431 g/mol. The molecule has 0 aliphatic carbocycles. The van der Waals surface area contributed by atoms with Crippen molar-refractivity contribution in [2.24, 2.45) is 0 Å². The van der Waals surface area contributed by atoms with Crippen LogP contribution >= 0.6 is 11.8 Å². The van der Waals surface area contributed by atoms with Crippen molar-refractivity contribution in [2.75, 3.05) is 6.61 Å². The summed E-state index contributed by atoms with van der Waals surface area (Å²) in [7, 11) is 0. The van der Waals surface area contributed by atoms with E-state index in [1.165, 1.54) is 16.0 Å². The number of aryl methyl sites for hydroxylation is 1. The van der Waals surface area contributed by atoms with Crippen molar-refractivity contribution < 1.29 is 4.74 Å². The van der Waals surface area contributed by atoms with Crippen molar-refractivity contribution in [2.45, 2.75) is 49.8 Å². The van der Waals surface area contributed by atoms with Crippen LogP contribution in [0.15, 0.2) is 83.8 Å². The molecular weight excluding hydrogens is 400 g/mol. The summed E-state index contributed by atoms with van der Waals surface area (Å²) >= 11 is 1.83. The van der Waals surface area contributed by atoms with Gasteiger partial charge in [-0.2, -0.15) is 0 Å². The lowest BCUT2D eigenvalue weighted by atomic mass is 9.87. The van der Waals surface area contributed by atoms with Crippen LogP contribution in [-0.4, -0.2) is 16.2 Å². The monoisotopic (exact) mass is 430 g/mol. The number of para-hydroxylation sites is 2. The number of benzene rings is 3. The summed E-state index contributed by atoms with van der Waals surface area (Å²) in [6.45, 7) is 8.27. The van der Waals surface area contributed by atoms with Crippen LogP contribution in [0.2, 0.25) is 0 Å². The minimum Gasteiger partial charge on any atom is -0.494 e. The maximum absolute atomic E-state index is 6.01. The molecule has 4 heteroatoms. The minimum absolute atomic E-state index is 0.162. The largest absolute Gasteiger partial charge is 0.494 e. The lowest BCUT2D eigenvalue weighted by Gasteiger charge is -2.19. The second kappa shape index (κ2) is 9.61. The van der Waals surface area contributed by atoms with Crippen LogP contribution < -0.4 is 4.74 Å². The lowest BCUT2D eigenvalue weighted by molar-refractivity contribution is 0.302. The Labute approximate surface area is 189 Å². The van der Waals surface area contributed by atoms with Gasteiger partial charge in [-0.15, -0.1) is 11.8 Å². The molecular formula is C27H30N2OS. The van der Waals surface area contributed by atoms with E-state index in [1.54, 1.807) is 0 Å². The standard InChI is InChI=1S/C27H30N2OS/c1-27(2,3)21-14-16-22(17-15-21)30-19-9-18-29-25-13-8-7-12-24(25)28-26(29)20-31-23-10-5-4-6-11-23/h4-8,10-17H,9,18-20H2,1-3H3. The van der Waals surface area contributed by atoms with Gasteiger partial charge in [0.2, 0.25) is 0 Å². The second-order valence-electron chi connectivity index (χ2n) is 8.75. The summed E-state index contributed by atoms with van der Waals surface area (Å²) < 4.78 is 8.36. The Morgan fingerprint density at radius 2 is 1.58 bits per heavy atom. The number of rotatable bonds is 8. The Morgan fingerprint density at radius 1 is 0.871 bits per heavy atom. The topological polar surface area (TPSA) is 27.1 Å². The highest BCUT2D eigenvalue weighted by atomic mass is 32.2. The first kappa shape index (κ1) is 21.5. The second-order valence-corrected chi connectivity index (χ2v) is 9.80. The summed E-state index contributed by atoms with van der Waals surface area (Å²) in [6.07, 6.45) is 0.935. The molecule has 0 amide bonds. The third-order valence-electron chi connectivity index (χ3n) is 5.36. The molecule has 0 atom stereocenters. The van der Waals surface area contributed by atoms with Crippen LogP contribution in [0.5, 0.6) is 5.75 Å². The highest BCUT2D eigenvalue weighted by Gasteiger charge is 2.13. The third-order valence-corrected chi connectivity index (χ3v) is 6.37. The van der Waals surface area contributed by atoms with Gasteiger partial charge in [0.1, 0.15) is 11.6 Å². The molecule has 0 spiro atoms. The number of aromatic nitrogens is 2. The van der Waals surface area contributed by atoms with E-state index < -0.39 is 0 Å². The van der Waals surface area contributed by atoms with Gasteiger partial charge in [-0.1, -0.05) is 63.2 Å². The minimum atomic E-state index is 0.162. The van der Waals surface area contributed by atoms with Crippen molar-refractivity contribution in [1.29, 1.82) is 0 Å². The number of imidazole rings is 1.